The molecule has 2 aliphatic rings. The molecule has 0 radical (unpaired) electrons. The number of carbonyl (C=O) groups is 1. The van der Waals surface area contributed by atoms with Crippen LogP contribution in [0.3, 0.4) is 0 Å². The van der Waals surface area contributed by atoms with Crippen LogP contribution >= 0.6 is 0 Å². The highest BCUT2D eigenvalue weighted by Gasteiger charge is 2.51. The second-order valence-corrected chi connectivity index (χ2v) is 8.93. The Balaban J connectivity index is 1.18. The van der Waals surface area contributed by atoms with Crippen LogP contribution in [0.25, 0.3) is 21.8 Å². The SMILES string of the molecule is O=C1Nc2ncccc2C12Cc1cc3ccc(CNc4ccc5[nH]ncc5c4)nc3cc1C2. The number of aromatic nitrogens is 4. The number of hydrogen-bond acceptors (Lipinski definition) is 5. The fourth-order valence-corrected chi connectivity index (χ4v) is 5.28. The predicted octanol–water partition coefficient (Wildman–Crippen LogP) is 4.11. The van der Waals surface area contributed by atoms with E-state index in [0.717, 1.165) is 38.8 Å². The maximum Gasteiger partial charge on any atom is 0.237 e. The van der Waals surface area contributed by atoms with Crippen LogP contribution in [0.15, 0.2) is 67.0 Å². The first-order valence-corrected chi connectivity index (χ1v) is 11.0. The summed E-state index contributed by atoms with van der Waals surface area (Å²) in [6, 6.07) is 18.6. The Hall–Kier alpha value is -4.26. The van der Waals surface area contributed by atoms with Gasteiger partial charge in [-0.3, -0.25) is 14.9 Å². The van der Waals surface area contributed by atoms with Gasteiger partial charge in [-0.2, -0.15) is 5.10 Å². The summed E-state index contributed by atoms with van der Waals surface area (Å²) in [6.07, 6.45) is 4.92. The third-order valence-corrected chi connectivity index (χ3v) is 6.96. The Labute approximate surface area is 189 Å². The van der Waals surface area contributed by atoms with Gasteiger partial charge >= 0.3 is 0 Å². The van der Waals surface area contributed by atoms with Gasteiger partial charge in [-0.25, -0.2) is 4.98 Å². The minimum absolute atomic E-state index is 0.0453. The first kappa shape index (κ1) is 18.3. The Kier molecular flexibility index (Phi) is 3.68. The molecule has 33 heavy (non-hydrogen) atoms. The molecule has 1 unspecified atom stereocenters. The molecule has 1 amide bonds. The highest BCUT2D eigenvalue weighted by molar-refractivity contribution is 6.06. The molecule has 5 aromatic rings. The predicted molar refractivity (Wildman–Crippen MR) is 127 cm³/mol. The van der Waals surface area contributed by atoms with E-state index < -0.39 is 5.41 Å². The van der Waals surface area contributed by atoms with Gasteiger partial charge in [0.15, 0.2) is 0 Å². The molecule has 0 saturated heterocycles. The van der Waals surface area contributed by atoms with E-state index in [0.29, 0.717) is 25.2 Å². The number of nitrogens with zero attached hydrogens (tertiary/aromatic N) is 3. The summed E-state index contributed by atoms with van der Waals surface area (Å²) in [6.45, 7) is 0.627. The van der Waals surface area contributed by atoms with Gasteiger partial charge in [0, 0.05) is 28.2 Å². The Morgan fingerprint density at radius 2 is 1.91 bits per heavy atom. The number of aromatic amines is 1. The van der Waals surface area contributed by atoms with Crippen LogP contribution < -0.4 is 10.6 Å². The number of fused-ring (bicyclic) bond motifs is 5. The molecule has 0 saturated carbocycles. The van der Waals surface area contributed by atoms with Gasteiger partial charge in [-0.1, -0.05) is 12.1 Å². The second-order valence-electron chi connectivity index (χ2n) is 8.93. The number of anilines is 2. The second kappa shape index (κ2) is 6.62. The van der Waals surface area contributed by atoms with Crippen molar-refractivity contribution < 1.29 is 4.79 Å². The fraction of sp³-hybridized carbons (Fsp3) is 0.154. The summed E-state index contributed by atoms with van der Waals surface area (Å²) in [5, 5.41) is 15.6. The van der Waals surface area contributed by atoms with E-state index in [2.05, 4.69) is 56.1 Å². The number of rotatable bonds is 3. The number of H-pyrrole nitrogens is 1. The van der Waals surface area contributed by atoms with Gasteiger partial charge in [-0.05, 0) is 66.4 Å². The molecule has 0 fully saturated rings. The van der Waals surface area contributed by atoms with E-state index >= 15 is 0 Å². The summed E-state index contributed by atoms with van der Waals surface area (Å²) in [4.78, 5) is 22.2. The van der Waals surface area contributed by atoms with E-state index in [1.54, 1.807) is 6.20 Å². The molecule has 1 spiro atoms. The quantitative estimate of drug-likeness (QED) is 0.399. The van der Waals surface area contributed by atoms with Crippen LogP contribution in [0.5, 0.6) is 0 Å². The van der Waals surface area contributed by atoms with Crippen LogP contribution in [0.2, 0.25) is 0 Å². The topological polar surface area (TPSA) is 95.6 Å². The summed E-state index contributed by atoms with van der Waals surface area (Å²) >= 11 is 0. The minimum atomic E-state index is -0.556. The Bertz CT molecular complexity index is 1590. The number of hydrogen-bond donors (Lipinski definition) is 3. The van der Waals surface area contributed by atoms with Gasteiger partial charge in [0.25, 0.3) is 0 Å². The molecule has 1 aliphatic carbocycles. The molecule has 160 valence electrons. The summed E-state index contributed by atoms with van der Waals surface area (Å²) in [5.74, 6) is 0.740. The highest BCUT2D eigenvalue weighted by Crippen LogP contribution is 2.47. The van der Waals surface area contributed by atoms with Crippen molar-refractivity contribution in [3.63, 3.8) is 0 Å². The highest BCUT2D eigenvalue weighted by atomic mass is 16.2. The first-order chi connectivity index (χ1) is 16.2. The summed E-state index contributed by atoms with van der Waals surface area (Å²) in [7, 11) is 0. The number of carbonyl (C=O) groups excluding carboxylic acids is 1. The molecule has 7 rings (SSSR count). The van der Waals surface area contributed by atoms with Gasteiger partial charge < -0.3 is 10.6 Å². The van der Waals surface area contributed by atoms with E-state index in [4.69, 9.17) is 4.98 Å². The lowest BCUT2D eigenvalue weighted by atomic mass is 9.79. The molecule has 1 atom stereocenters. The van der Waals surface area contributed by atoms with Crippen LogP contribution in [0, 0.1) is 0 Å². The maximum absolute atomic E-state index is 13.0. The molecule has 1 aliphatic heterocycles. The molecule has 3 aromatic heterocycles. The van der Waals surface area contributed by atoms with Gasteiger partial charge in [0.2, 0.25) is 5.91 Å². The zero-order valence-electron chi connectivity index (χ0n) is 17.7. The van der Waals surface area contributed by atoms with Crippen molar-refractivity contribution in [1.29, 1.82) is 0 Å². The largest absolute Gasteiger partial charge is 0.379 e. The van der Waals surface area contributed by atoms with Crippen LogP contribution in [-0.4, -0.2) is 26.1 Å². The lowest BCUT2D eigenvalue weighted by Crippen LogP contribution is -2.35. The van der Waals surface area contributed by atoms with Gasteiger partial charge in [-0.15, -0.1) is 0 Å². The molecule has 7 heteroatoms. The summed E-state index contributed by atoms with van der Waals surface area (Å²) in [5.41, 5.74) is 6.83. The molecule has 0 bridgehead atoms. The van der Waals surface area contributed by atoms with E-state index in [1.807, 2.05) is 30.5 Å². The van der Waals surface area contributed by atoms with Crippen molar-refractivity contribution in [2.75, 3.05) is 10.6 Å². The minimum Gasteiger partial charge on any atom is -0.379 e. The van der Waals surface area contributed by atoms with Crippen molar-refractivity contribution >= 4 is 39.2 Å². The van der Waals surface area contributed by atoms with Crippen molar-refractivity contribution in [2.45, 2.75) is 24.8 Å². The molecular weight excluding hydrogens is 412 g/mol. The number of amides is 1. The Morgan fingerprint density at radius 3 is 2.85 bits per heavy atom. The monoisotopic (exact) mass is 432 g/mol. The van der Waals surface area contributed by atoms with Crippen molar-refractivity contribution in [3.05, 3.63) is 89.4 Å². The van der Waals surface area contributed by atoms with Crippen LogP contribution in [0.1, 0.15) is 22.4 Å². The van der Waals surface area contributed by atoms with Crippen molar-refractivity contribution in [3.8, 4) is 0 Å². The molecular formula is C26H20N6O. The van der Waals surface area contributed by atoms with E-state index in [9.17, 15) is 4.79 Å². The lowest BCUT2D eigenvalue weighted by molar-refractivity contribution is -0.120. The number of benzene rings is 2. The fourth-order valence-electron chi connectivity index (χ4n) is 5.28. The van der Waals surface area contributed by atoms with Crippen LogP contribution in [0.4, 0.5) is 11.5 Å². The lowest BCUT2D eigenvalue weighted by Gasteiger charge is -2.20. The normalized spacial score (nSPS) is 18.6. The van der Waals surface area contributed by atoms with Gasteiger partial charge in [0.05, 0.1) is 34.9 Å². The van der Waals surface area contributed by atoms with Crippen LogP contribution in [-0.2, 0) is 29.6 Å². The Morgan fingerprint density at radius 1 is 1.00 bits per heavy atom. The number of pyridine rings is 2. The van der Waals surface area contributed by atoms with E-state index in [1.165, 1.54) is 11.1 Å². The maximum atomic E-state index is 13.0. The average Bonchev–Trinajstić information content (AvgIpc) is 3.52. The zero-order chi connectivity index (χ0) is 22.0. The zero-order valence-corrected chi connectivity index (χ0v) is 17.7. The third kappa shape index (κ3) is 2.75. The smallest absolute Gasteiger partial charge is 0.237 e. The molecule has 4 heterocycles. The third-order valence-electron chi connectivity index (χ3n) is 6.96. The number of nitrogens with one attached hydrogen (secondary N) is 3. The van der Waals surface area contributed by atoms with Gasteiger partial charge in [0.1, 0.15) is 5.82 Å². The van der Waals surface area contributed by atoms with E-state index in [-0.39, 0.29) is 5.91 Å². The molecule has 3 N–H and O–H groups in total. The van der Waals surface area contributed by atoms with Crippen molar-refractivity contribution in [1.82, 2.24) is 20.2 Å². The molecule has 7 nitrogen and oxygen atoms in total. The average molecular weight is 432 g/mol. The summed E-state index contributed by atoms with van der Waals surface area (Å²) < 4.78 is 0. The standard InChI is InChI=1S/C26H20N6O/c33-25-26(21-2-1-7-27-24(21)31-25)11-16-8-15-3-4-20(30-23(15)10-17(16)12-26)14-28-19-5-6-22-18(9-19)13-29-32-22/h1-10,13,28H,11-12,14H2,(H,29,32)(H,27,31,33). The first-order valence-electron chi connectivity index (χ1n) is 11.0. The van der Waals surface area contributed by atoms with Crippen molar-refractivity contribution in [2.24, 2.45) is 0 Å². The molecule has 2 aromatic carbocycles.